The summed E-state index contributed by atoms with van der Waals surface area (Å²) in [6.45, 7) is -1.98. The molecule has 0 atom stereocenters. The van der Waals surface area contributed by atoms with E-state index in [1.54, 1.807) is 0 Å². The second-order valence-corrected chi connectivity index (χ2v) is 8.46. The molecule has 0 saturated carbocycles. The summed E-state index contributed by atoms with van der Waals surface area (Å²) in [4.78, 5) is 0.351. The van der Waals surface area contributed by atoms with Gasteiger partial charge in [-0.05, 0) is 29.5 Å². The first-order valence-corrected chi connectivity index (χ1v) is 9.75. The van der Waals surface area contributed by atoms with Crippen LogP contribution in [0.1, 0.15) is 5.82 Å². The molecular weight excluding hydrogens is 401 g/mol. The summed E-state index contributed by atoms with van der Waals surface area (Å²) in [6.07, 6.45) is -4.71. The Bertz CT molecular complexity index is 970. The van der Waals surface area contributed by atoms with E-state index in [1.807, 2.05) is 0 Å². The Morgan fingerprint density at radius 3 is 1.92 bits per heavy atom. The predicted molar refractivity (Wildman–Crippen MR) is 80.5 cm³/mol. The van der Waals surface area contributed by atoms with Crippen molar-refractivity contribution in [3.8, 4) is 0 Å². The maximum absolute atomic E-state index is 12.1. The Balaban J connectivity index is 2.10. The van der Waals surface area contributed by atoms with Gasteiger partial charge in [0.2, 0.25) is 20.0 Å². The summed E-state index contributed by atoms with van der Waals surface area (Å²) in [5, 5.41) is 10.9. The average molecular weight is 414 g/mol. The molecule has 0 aliphatic carbocycles. The molecule has 10 nitrogen and oxygen atoms in total. The van der Waals surface area contributed by atoms with Crippen LogP contribution in [0.2, 0.25) is 0 Å². The molecule has 1 aromatic carbocycles. The minimum absolute atomic E-state index is 0.117. The largest absolute Gasteiger partial charge is 0.402 e. The number of aryl methyl sites for hydroxylation is 1. The molecule has 2 aromatic rings. The molecule has 0 radical (unpaired) electrons. The Morgan fingerprint density at radius 2 is 1.50 bits per heavy atom. The molecule has 26 heavy (non-hydrogen) atoms. The highest BCUT2D eigenvalue weighted by atomic mass is 32.2. The normalized spacial score (nSPS) is 13.1. The Kier molecular flexibility index (Phi) is 5.64. The summed E-state index contributed by atoms with van der Waals surface area (Å²) in [6, 6.07) is 3.67. The summed E-state index contributed by atoms with van der Waals surface area (Å²) < 4.78 is 87.7. The van der Waals surface area contributed by atoms with Crippen molar-refractivity contribution in [2.75, 3.05) is 6.54 Å². The lowest BCUT2D eigenvalue weighted by atomic mass is 10.4. The summed E-state index contributed by atoms with van der Waals surface area (Å²) >= 11 is 0. The number of nitrogens with zero attached hydrogens (tertiary/aromatic N) is 4. The minimum atomic E-state index is -4.71. The van der Waals surface area contributed by atoms with Gasteiger partial charge in [-0.15, -0.1) is 10.2 Å². The number of nitrogens with one attached hydrogen (secondary N) is 2. The van der Waals surface area contributed by atoms with Crippen molar-refractivity contribution < 1.29 is 30.0 Å². The number of tetrazole rings is 1. The molecule has 2 rings (SSSR count). The van der Waals surface area contributed by atoms with Crippen LogP contribution in [0.3, 0.4) is 0 Å². The van der Waals surface area contributed by atoms with Crippen molar-refractivity contribution in [3.05, 3.63) is 30.1 Å². The van der Waals surface area contributed by atoms with E-state index in [2.05, 4.69) is 20.1 Å². The van der Waals surface area contributed by atoms with Crippen LogP contribution in [0.4, 0.5) is 13.2 Å². The first-order chi connectivity index (χ1) is 11.9. The fourth-order valence-electron chi connectivity index (χ4n) is 1.70. The molecular formula is C11H13F3N6O4S2. The molecule has 0 spiro atoms. The second-order valence-electron chi connectivity index (χ2n) is 4.93. The van der Waals surface area contributed by atoms with Crippen LogP contribution < -0.4 is 9.44 Å². The molecule has 15 heteroatoms. The highest BCUT2D eigenvalue weighted by Crippen LogP contribution is 2.17. The van der Waals surface area contributed by atoms with Gasteiger partial charge in [-0.2, -0.15) is 18.0 Å². The quantitative estimate of drug-likeness (QED) is 0.625. The number of halogens is 3. The van der Waals surface area contributed by atoms with E-state index < -0.39 is 37.7 Å². The van der Waals surface area contributed by atoms with E-state index in [9.17, 15) is 30.0 Å². The van der Waals surface area contributed by atoms with E-state index in [1.165, 1.54) is 11.8 Å². The van der Waals surface area contributed by atoms with Gasteiger partial charge in [0.1, 0.15) is 6.54 Å². The van der Waals surface area contributed by atoms with Gasteiger partial charge in [-0.3, -0.25) is 0 Å². The molecule has 0 aliphatic heterocycles. The Hall–Kier alpha value is -2.10. The minimum Gasteiger partial charge on any atom is -0.207 e. The van der Waals surface area contributed by atoms with E-state index in [0.29, 0.717) is 0 Å². The Morgan fingerprint density at radius 1 is 1.00 bits per heavy atom. The molecule has 0 unspecified atom stereocenters. The zero-order chi connectivity index (χ0) is 19.6. The third-order valence-corrected chi connectivity index (χ3v) is 5.71. The smallest absolute Gasteiger partial charge is 0.207 e. The van der Waals surface area contributed by atoms with Gasteiger partial charge in [-0.25, -0.2) is 26.3 Å². The van der Waals surface area contributed by atoms with Gasteiger partial charge in [-0.1, -0.05) is 0 Å². The zero-order valence-corrected chi connectivity index (χ0v) is 14.7. The summed E-state index contributed by atoms with van der Waals surface area (Å²) in [5.74, 6) is 0.117. The fraction of sp³-hybridized carbons (Fsp3) is 0.364. The number of rotatable bonds is 7. The van der Waals surface area contributed by atoms with Crippen molar-refractivity contribution in [1.29, 1.82) is 0 Å². The number of hydrogen-bond donors (Lipinski definition) is 2. The maximum atomic E-state index is 12.1. The fourth-order valence-corrected chi connectivity index (χ4v) is 3.69. The van der Waals surface area contributed by atoms with Crippen LogP contribution in [-0.4, -0.2) is 49.8 Å². The van der Waals surface area contributed by atoms with Gasteiger partial charge in [0.25, 0.3) is 0 Å². The number of alkyl halides is 3. The lowest BCUT2D eigenvalue weighted by Crippen LogP contribution is -2.33. The van der Waals surface area contributed by atoms with Gasteiger partial charge >= 0.3 is 6.18 Å². The lowest BCUT2D eigenvalue weighted by molar-refractivity contribution is -0.121. The van der Waals surface area contributed by atoms with Crippen LogP contribution in [0.5, 0.6) is 0 Å². The lowest BCUT2D eigenvalue weighted by Gasteiger charge is -2.10. The monoisotopic (exact) mass is 414 g/mol. The van der Waals surface area contributed by atoms with Crippen LogP contribution in [0.25, 0.3) is 0 Å². The van der Waals surface area contributed by atoms with Gasteiger partial charge < -0.3 is 0 Å². The molecule has 1 aromatic heterocycles. The number of sulfonamides is 2. The zero-order valence-electron chi connectivity index (χ0n) is 13.1. The van der Waals surface area contributed by atoms with Crippen molar-refractivity contribution in [1.82, 2.24) is 29.7 Å². The van der Waals surface area contributed by atoms with E-state index in [4.69, 9.17) is 0 Å². The van der Waals surface area contributed by atoms with Crippen LogP contribution in [0.15, 0.2) is 34.1 Å². The van der Waals surface area contributed by atoms with Crippen molar-refractivity contribution in [2.24, 2.45) is 7.05 Å². The molecule has 0 saturated heterocycles. The number of benzene rings is 1. The van der Waals surface area contributed by atoms with Gasteiger partial charge in [0.15, 0.2) is 5.82 Å². The maximum Gasteiger partial charge on any atom is 0.402 e. The molecule has 0 bridgehead atoms. The number of hydrogen-bond acceptors (Lipinski definition) is 7. The molecule has 1 heterocycles. The molecule has 144 valence electrons. The second kappa shape index (κ2) is 7.26. The van der Waals surface area contributed by atoms with E-state index in [-0.39, 0.29) is 17.3 Å². The number of aromatic nitrogens is 4. The third kappa shape index (κ3) is 5.45. The molecule has 0 fully saturated rings. The van der Waals surface area contributed by atoms with E-state index in [0.717, 1.165) is 29.1 Å². The summed E-state index contributed by atoms with van der Waals surface area (Å²) in [7, 11) is -6.94. The predicted octanol–water partition coefficient (Wildman–Crippen LogP) is -0.471. The third-order valence-electron chi connectivity index (χ3n) is 2.88. The van der Waals surface area contributed by atoms with Crippen LogP contribution in [0, 0.1) is 0 Å². The van der Waals surface area contributed by atoms with E-state index >= 15 is 0 Å². The standard InChI is InChI=1S/C11H13F3N6O4S2/c1-20-18-10(17-19-20)6-15-25(21,22)8-2-4-9(5-3-8)26(23,24)16-7-11(12,13)14/h2-5,15-16H,6-7H2,1H3. The molecule has 2 N–H and O–H groups in total. The van der Waals surface area contributed by atoms with Gasteiger partial charge in [0, 0.05) is 0 Å². The van der Waals surface area contributed by atoms with Crippen LogP contribution in [-0.2, 0) is 33.6 Å². The first-order valence-electron chi connectivity index (χ1n) is 6.78. The van der Waals surface area contributed by atoms with Crippen molar-refractivity contribution in [3.63, 3.8) is 0 Å². The average Bonchev–Trinajstić information content (AvgIpc) is 2.96. The SMILES string of the molecule is Cn1nnc(CNS(=O)(=O)c2ccc(S(=O)(=O)NCC(F)(F)F)cc2)n1. The first kappa shape index (κ1) is 20.2. The molecule has 0 aliphatic rings. The highest BCUT2D eigenvalue weighted by Gasteiger charge is 2.30. The topological polar surface area (TPSA) is 136 Å². The highest BCUT2D eigenvalue weighted by molar-refractivity contribution is 7.90. The summed E-state index contributed by atoms with van der Waals surface area (Å²) in [5.41, 5.74) is 0. The van der Waals surface area contributed by atoms with Crippen LogP contribution >= 0.6 is 0 Å². The molecule has 0 amide bonds. The Labute approximate surface area is 146 Å². The van der Waals surface area contributed by atoms with Crippen molar-refractivity contribution in [2.45, 2.75) is 22.5 Å². The van der Waals surface area contributed by atoms with Crippen molar-refractivity contribution >= 4 is 20.0 Å². The van der Waals surface area contributed by atoms with Gasteiger partial charge in [0.05, 0.1) is 23.4 Å².